The van der Waals surface area contributed by atoms with Crippen LogP contribution in [0.5, 0.6) is 0 Å². The van der Waals surface area contributed by atoms with Crippen LogP contribution < -0.4 is 5.32 Å². The van der Waals surface area contributed by atoms with Gasteiger partial charge in [-0.1, -0.05) is 35.9 Å². The number of nitro groups is 1. The van der Waals surface area contributed by atoms with Crippen LogP contribution in [0.2, 0.25) is 0 Å². The maximum Gasteiger partial charge on any atom is 0.358 e. The number of hydrogen-bond acceptors (Lipinski definition) is 6. The summed E-state index contributed by atoms with van der Waals surface area (Å²) in [4.78, 5) is 34.4. The van der Waals surface area contributed by atoms with Crippen molar-refractivity contribution in [1.82, 2.24) is 15.1 Å². The van der Waals surface area contributed by atoms with E-state index >= 15 is 0 Å². The number of aromatic nitrogens is 2. The molecule has 0 atom stereocenters. The molecule has 0 aliphatic carbocycles. The predicted octanol–water partition coefficient (Wildman–Crippen LogP) is 2.99. The van der Waals surface area contributed by atoms with Gasteiger partial charge in [0, 0.05) is 24.8 Å². The number of esters is 1. The Morgan fingerprint density at radius 3 is 2.68 bits per heavy atom. The molecule has 0 saturated carbocycles. The molecule has 0 spiro atoms. The minimum atomic E-state index is -0.641. The Balaban J connectivity index is 1.42. The van der Waals surface area contributed by atoms with E-state index in [2.05, 4.69) is 10.4 Å². The van der Waals surface area contributed by atoms with Gasteiger partial charge in [-0.2, -0.15) is 5.10 Å². The first-order valence-electron chi connectivity index (χ1n) is 9.72. The van der Waals surface area contributed by atoms with Gasteiger partial charge >= 0.3 is 5.97 Å². The Hall–Kier alpha value is -4.01. The van der Waals surface area contributed by atoms with Gasteiger partial charge in [0.15, 0.2) is 5.69 Å². The molecule has 0 fully saturated rings. The van der Waals surface area contributed by atoms with Crippen molar-refractivity contribution < 1.29 is 19.2 Å². The molecule has 1 amide bonds. The van der Waals surface area contributed by atoms with E-state index in [9.17, 15) is 19.7 Å². The molecule has 1 aromatic heterocycles. The molecule has 0 unspecified atom stereocenters. The third-order valence-corrected chi connectivity index (χ3v) is 4.52. The van der Waals surface area contributed by atoms with Crippen LogP contribution in [-0.4, -0.2) is 39.7 Å². The zero-order chi connectivity index (χ0) is 22.2. The summed E-state index contributed by atoms with van der Waals surface area (Å²) in [6, 6.07) is 15.4. The lowest BCUT2D eigenvalue weighted by Crippen LogP contribution is -2.28. The minimum absolute atomic E-state index is 0.0127. The van der Waals surface area contributed by atoms with E-state index in [0.717, 1.165) is 5.56 Å². The molecule has 0 aliphatic heterocycles. The van der Waals surface area contributed by atoms with Gasteiger partial charge in [-0.3, -0.25) is 14.9 Å². The maximum absolute atomic E-state index is 12.1. The third kappa shape index (κ3) is 6.23. The standard InChI is InChI=1S/C22H22N4O5/c1-16-5-7-17(8-6-16)9-10-21(27)23-12-14-31-22(28)20-11-13-25(24-20)18-3-2-4-19(15-18)26(29)30/h2-8,11,13,15H,9-10,12,14H2,1H3,(H,23,27). The third-order valence-electron chi connectivity index (χ3n) is 4.52. The zero-order valence-corrected chi connectivity index (χ0v) is 17.0. The normalized spacial score (nSPS) is 10.5. The quantitative estimate of drug-likeness (QED) is 0.245. The number of hydrogen-bond donors (Lipinski definition) is 1. The summed E-state index contributed by atoms with van der Waals surface area (Å²) >= 11 is 0. The number of nitro benzene ring substituents is 1. The van der Waals surface area contributed by atoms with Gasteiger partial charge in [0.1, 0.15) is 6.61 Å². The number of aryl methyl sites for hydroxylation is 2. The van der Waals surface area contributed by atoms with Crippen molar-refractivity contribution >= 4 is 17.6 Å². The lowest BCUT2D eigenvalue weighted by molar-refractivity contribution is -0.384. The summed E-state index contributed by atoms with van der Waals surface area (Å²) in [7, 11) is 0. The molecule has 0 radical (unpaired) electrons. The molecule has 2 aromatic carbocycles. The number of carbonyl (C=O) groups excluding carboxylic acids is 2. The molecule has 160 valence electrons. The fourth-order valence-electron chi connectivity index (χ4n) is 2.83. The maximum atomic E-state index is 12.1. The van der Waals surface area contributed by atoms with Gasteiger partial charge in [0.25, 0.3) is 5.69 Å². The van der Waals surface area contributed by atoms with Crippen molar-refractivity contribution in [2.45, 2.75) is 19.8 Å². The van der Waals surface area contributed by atoms with E-state index in [4.69, 9.17) is 4.74 Å². The molecule has 9 nitrogen and oxygen atoms in total. The van der Waals surface area contributed by atoms with Crippen molar-refractivity contribution in [3.05, 3.63) is 87.7 Å². The van der Waals surface area contributed by atoms with E-state index in [1.54, 1.807) is 6.07 Å². The molecule has 3 aromatic rings. The largest absolute Gasteiger partial charge is 0.459 e. The molecule has 9 heteroatoms. The zero-order valence-electron chi connectivity index (χ0n) is 17.0. The average molecular weight is 422 g/mol. The number of amides is 1. The summed E-state index contributed by atoms with van der Waals surface area (Å²) < 4.78 is 6.49. The Bertz CT molecular complexity index is 1080. The Kier molecular flexibility index (Phi) is 7.10. The number of non-ortho nitro benzene ring substituents is 1. The number of ether oxygens (including phenoxy) is 1. The highest BCUT2D eigenvalue weighted by Crippen LogP contribution is 2.16. The fraction of sp³-hybridized carbons (Fsp3) is 0.227. The second-order valence-electron chi connectivity index (χ2n) is 6.89. The molecule has 3 rings (SSSR count). The van der Waals surface area contributed by atoms with Crippen molar-refractivity contribution in [1.29, 1.82) is 0 Å². The van der Waals surface area contributed by atoms with E-state index in [-0.39, 0.29) is 30.4 Å². The molecule has 0 bridgehead atoms. The van der Waals surface area contributed by atoms with E-state index in [1.165, 1.54) is 40.7 Å². The van der Waals surface area contributed by atoms with Crippen LogP contribution in [-0.2, 0) is 16.0 Å². The molecule has 1 N–H and O–H groups in total. The van der Waals surface area contributed by atoms with E-state index < -0.39 is 10.9 Å². The van der Waals surface area contributed by atoms with Crippen LogP contribution in [0.1, 0.15) is 28.0 Å². The highest BCUT2D eigenvalue weighted by molar-refractivity contribution is 5.87. The van der Waals surface area contributed by atoms with E-state index in [1.807, 2.05) is 31.2 Å². The summed E-state index contributed by atoms with van der Waals surface area (Å²) in [5.74, 6) is -0.760. The molecule has 1 heterocycles. The molecular weight excluding hydrogens is 400 g/mol. The summed E-state index contributed by atoms with van der Waals surface area (Å²) in [6.07, 6.45) is 2.51. The van der Waals surface area contributed by atoms with Crippen molar-refractivity contribution in [3.63, 3.8) is 0 Å². The highest BCUT2D eigenvalue weighted by Gasteiger charge is 2.13. The van der Waals surface area contributed by atoms with Gasteiger partial charge in [-0.05, 0) is 31.0 Å². The Labute approximate surface area is 178 Å². The topological polar surface area (TPSA) is 116 Å². The number of nitrogens with zero attached hydrogens (tertiary/aromatic N) is 3. The number of nitrogens with one attached hydrogen (secondary N) is 1. The lowest BCUT2D eigenvalue weighted by Gasteiger charge is -2.06. The Morgan fingerprint density at radius 2 is 1.94 bits per heavy atom. The summed E-state index contributed by atoms with van der Waals surface area (Å²) in [5, 5.41) is 17.7. The molecule has 0 saturated heterocycles. The number of carbonyl (C=O) groups is 2. The lowest BCUT2D eigenvalue weighted by atomic mass is 10.1. The van der Waals surface area contributed by atoms with Gasteiger partial charge in [0.05, 0.1) is 17.2 Å². The smallest absolute Gasteiger partial charge is 0.358 e. The Morgan fingerprint density at radius 1 is 1.16 bits per heavy atom. The highest BCUT2D eigenvalue weighted by atomic mass is 16.6. The van der Waals surface area contributed by atoms with Gasteiger partial charge in [-0.25, -0.2) is 9.48 Å². The summed E-state index contributed by atoms with van der Waals surface area (Å²) in [5.41, 5.74) is 2.71. The van der Waals surface area contributed by atoms with E-state index in [0.29, 0.717) is 18.5 Å². The molecule has 0 aliphatic rings. The second-order valence-corrected chi connectivity index (χ2v) is 6.89. The predicted molar refractivity (Wildman–Crippen MR) is 113 cm³/mol. The van der Waals surface area contributed by atoms with Crippen molar-refractivity contribution in [2.24, 2.45) is 0 Å². The number of rotatable bonds is 9. The first-order chi connectivity index (χ1) is 14.9. The molecule has 31 heavy (non-hydrogen) atoms. The van der Waals surface area contributed by atoms with Gasteiger partial charge in [0.2, 0.25) is 5.91 Å². The van der Waals surface area contributed by atoms with Crippen LogP contribution >= 0.6 is 0 Å². The van der Waals surface area contributed by atoms with Crippen LogP contribution in [0.3, 0.4) is 0 Å². The minimum Gasteiger partial charge on any atom is -0.459 e. The van der Waals surface area contributed by atoms with Crippen LogP contribution in [0.25, 0.3) is 5.69 Å². The fourth-order valence-corrected chi connectivity index (χ4v) is 2.83. The van der Waals surface area contributed by atoms with Crippen LogP contribution in [0.15, 0.2) is 60.8 Å². The van der Waals surface area contributed by atoms with Crippen molar-refractivity contribution in [3.8, 4) is 5.69 Å². The molecular formula is C22H22N4O5. The SMILES string of the molecule is Cc1ccc(CCC(=O)NCCOC(=O)c2ccn(-c3cccc([N+](=O)[O-])c3)n2)cc1. The monoisotopic (exact) mass is 422 g/mol. The van der Waals surface area contributed by atoms with Crippen LogP contribution in [0, 0.1) is 17.0 Å². The van der Waals surface area contributed by atoms with Gasteiger partial charge in [-0.15, -0.1) is 0 Å². The number of benzene rings is 2. The average Bonchev–Trinajstić information content (AvgIpc) is 3.27. The summed E-state index contributed by atoms with van der Waals surface area (Å²) in [6.45, 7) is 2.22. The first kappa shape index (κ1) is 21.7. The van der Waals surface area contributed by atoms with Gasteiger partial charge < -0.3 is 10.1 Å². The van der Waals surface area contributed by atoms with Crippen molar-refractivity contribution in [2.75, 3.05) is 13.2 Å². The first-order valence-corrected chi connectivity index (χ1v) is 9.72. The second kappa shape index (κ2) is 10.1. The van der Waals surface area contributed by atoms with Crippen LogP contribution in [0.4, 0.5) is 5.69 Å².